The van der Waals surface area contributed by atoms with Gasteiger partial charge in [-0.15, -0.1) is 0 Å². The molecule has 0 unspecified atom stereocenters. The van der Waals surface area contributed by atoms with Crippen LogP contribution in [0.5, 0.6) is 0 Å². The first kappa shape index (κ1) is 12.7. The molecule has 0 aromatic heterocycles. The average molecular weight is 281 g/mol. The molecule has 16 heavy (non-hydrogen) atoms. The molecule has 0 aliphatic rings. The van der Waals surface area contributed by atoms with Crippen LogP contribution in [0.25, 0.3) is 0 Å². The molecule has 0 aliphatic carbocycles. The third-order valence-electron chi connectivity index (χ3n) is 2.06. The topological polar surface area (TPSA) is 52.9 Å². The van der Waals surface area contributed by atoms with Gasteiger partial charge in [0.25, 0.3) is 5.91 Å². The maximum Gasteiger partial charge on any atom is 0.251 e. The minimum Gasteiger partial charge on any atom is -0.352 e. The van der Waals surface area contributed by atoms with E-state index in [4.69, 9.17) is 5.26 Å². The van der Waals surface area contributed by atoms with Crippen LogP contribution < -0.4 is 5.32 Å². The number of aryl methyl sites for hydroxylation is 1. The third-order valence-corrected chi connectivity index (χ3v) is 2.51. The van der Waals surface area contributed by atoms with E-state index in [0.29, 0.717) is 24.9 Å². The molecule has 0 saturated carbocycles. The quantitative estimate of drug-likeness (QED) is 0.863. The normalized spacial score (nSPS) is 9.56. The number of carbonyl (C=O) groups is 1. The second kappa shape index (κ2) is 6.29. The lowest BCUT2D eigenvalue weighted by Crippen LogP contribution is -2.24. The maximum atomic E-state index is 11.7. The number of hydrogen-bond acceptors (Lipinski definition) is 2. The average Bonchev–Trinajstić information content (AvgIpc) is 2.22. The van der Waals surface area contributed by atoms with Crippen molar-refractivity contribution in [3.63, 3.8) is 0 Å². The molecule has 1 rings (SSSR count). The first-order chi connectivity index (χ1) is 7.63. The van der Waals surface area contributed by atoms with Gasteiger partial charge in [-0.05, 0) is 37.1 Å². The van der Waals surface area contributed by atoms with Crippen LogP contribution in [0, 0.1) is 18.3 Å². The molecule has 1 aromatic carbocycles. The molecular weight excluding hydrogens is 268 g/mol. The molecule has 4 heteroatoms. The Morgan fingerprint density at radius 3 is 2.88 bits per heavy atom. The second-order valence-corrected chi connectivity index (χ2v) is 4.45. The van der Waals surface area contributed by atoms with Crippen LogP contribution in [0.15, 0.2) is 22.7 Å². The summed E-state index contributed by atoms with van der Waals surface area (Å²) in [7, 11) is 0. The van der Waals surface area contributed by atoms with E-state index in [-0.39, 0.29) is 5.91 Å². The summed E-state index contributed by atoms with van der Waals surface area (Å²) in [5, 5.41) is 11.1. The number of hydrogen-bond donors (Lipinski definition) is 1. The molecule has 1 N–H and O–H groups in total. The summed E-state index contributed by atoms with van der Waals surface area (Å²) in [6.07, 6.45) is 1.16. The molecule has 3 nitrogen and oxygen atoms in total. The van der Waals surface area contributed by atoms with Gasteiger partial charge in [-0.25, -0.2) is 0 Å². The van der Waals surface area contributed by atoms with Gasteiger partial charge in [-0.1, -0.05) is 15.9 Å². The highest BCUT2D eigenvalue weighted by Crippen LogP contribution is 2.15. The van der Waals surface area contributed by atoms with E-state index in [1.165, 1.54) is 0 Å². The largest absolute Gasteiger partial charge is 0.352 e. The summed E-state index contributed by atoms with van der Waals surface area (Å²) < 4.78 is 0.898. The van der Waals surface area contributed by atoms with Gasteiger partial charge >= 0.3 is 0 Å². The van der Waals surface area contributed by atoms with Gasteiger partial charge in [0.1, 0.15) is 0 Å². The minimum atomic E-state index is -0.0951. The zero-order valence-electron chi connectivity index (χ0n) is 9.09. The number of benzene rings is 1. The monoisotopic (exact) mass is 280 g/mol. The molecule has 0 heterocycles. The first-order valence-electron chi connectivity index (χ1n) is 5.06. The zero-order chi connectivity index (χ0) is 12.0. The Hall–Kier alpha value is -1.34. The van der Waals surface area contributed by atoms with Gasteiger partial charge in [0.2, 0.25) is 0 Å². The Labute approximate surface area is 104 Å². The van der Waals surface area contributed by atoms with Gasteiger partial charge < -0.3 is 5.32 Å². The molecule has 1 aromatic rings. The van der Waals surface area contributed by atoms with Gasteiger partial charge in [-0.2, -0.15) is 5.26 Å². The van der Waals surface area contributed by atoms with Crippen LogP contribution in [0.2, 0.25) is 0 Å². The number of halogens is 1. The van der Waals surface area contributed by atoms with E-state index in [1.54, 1.807) is 6.07 Å². The van der Waals surface area contributed by atoms with Crippen molar-refractivity contribution in [1.29, 1.82) is 5.26 Å². The van der Waals surface area contributed by atoms with E-state index in [1.807, 2.05) is 25.1 Å². The number of unbranched alkanes of at least 4 members (excludes halogenated alkanes) is 1. The molecule has 0 aliphatic heterocycles. The maximum absolute atomic E-state index is 11.7. The van der Waals surface area contributed by atoms with Crippen molar-refractivity contribution in [3.8, 4) is 6.07 Å². The summed E-state index contributed by atoms with van der Waals surface area (Å²) in [6, 6.07) is 7.61. The highest BCUT2D eigenvalue weighted by Gasteiger charge is 2.05. The van der Waals surface area contributed by atoms with Gasteiger partial charge in [-0.3, -0.25) is 4.79 Å². The van der Waals surface area contributed by atoms with Gasteiger partial charge in [0.15, 0.2) is 0 Å². The Kier molecular flexibility index (Phi) is 5.00. The molecular formula is C12H13BrN2O. The molecule has 0 bridgehead atoms. The summed E-state index contributed by atoms with van der Waals surface area (Å²) >= 11 is 3.35. The van der Waals surface area contributed by atoms with Crippen LogP contribution in [0.1, 0.15) is 28.8 Å². The van der Waals surface area contributed by atoms with E-state index in [9.17, 15) is 4.79 Å². The Morgan fingerprint density at radius 2 is 2.25 bits per heavy atom. The van der Waals surface area contributed by atoms with Crippen molar-refractivity contribution < 1.29 is 4.79 Å². The number of carbonyl (C=O) groups excluding carboxylic acids is 1. The van der Waals surface area contributed by atoms with Crippen molar-refractivity contribution >= 4 is 21.8 Å². The highest BCUT2D eigenvalue weighted by atomic mass is 79.9. The lowest BCUT2D eigenvalue weighted by atomic mass is 10.1. The Bertz CT molecular complexity index is 403. The van der Waals surface area contributed by atoms with E-state index in [0.717, 1.165) is 10.0 Å². The van der Waals surface area contributed by atoms with Crippen LogP contribution >= 0.6 is 15.9 Å². The summed E-state index contributed by atoms with van der Waals surface area (Å²) in [5.41, 5.74) is 1.68. The smallest absolute Gasteiger partial charge is 0.251 e. The zero-order valence-corrected chi connectivity index (χ0v) is 10.7. The number of rotatable bonds is 4. The second-order valence-electron chi connectivity index (χ2n) is 3.53. The molecule has 0 saturated heterocycles. The number of nitrogens with zero attached hydrogens (tertiary/aromatic N) is 1. The molecule has 0 atom stereocenters. The molecule has 0 fully saturated rings. The van der Waals surface area contributed by atoms with Gasteiger partial charge in [0.05, 0.1) is 6.07 Å². The van der Waals surface area contributed by atoms with Gasteiger partial charge in [0, 0.05) is 23.0 Å². The van der Waals surface area contributed by atoms with Crippen molar-refractivity contribution in [3.05, 3.63) is 33.8 Å². The molecule has 84 valence electrons. The molecule has 0 radical (unpaired) electrons. The fraction of sp³-hybridized carbons (Fsp3) is 0.333. The predicted molar refractivity (Wildman–Crippen MR) is 66.1 cm³/mol. The predicted octanol–water partition coefficient (Wildman–Crippen LogP) is 2.79. The number of amides is 1. The standard InChI is InChI=1S/C12H13BrN2O/c1-9-6-10(8-11(13)7-9)12(16)15-5-3-2-4-14/h6-8H,2-3,5H2,1H3,(H,15,16). The molecule has 0 spiro atoms. The number of nitriles is 1. The highest BCUT2D eigenvalue weighted by molar-refractivity contribution is 9.10. The van der Waals surface area contributed by atoms with Crippen LogP contribution in [-0.4, -0.2) is 12.5 Å². The van der Waals surface area contributed by atoms with Crippen LogP contribution in [-0.2, 0) is 0 Å². The Balaban J connectivity index is 2.56. The lowest BCUT2D eigenvalue weighted by molar-refractivity contribution is 0.0953. The first-order valence-corrected chi connectivity index (χ1v) is 5.85. The van der Waals surface area contributed by atoms with Crippen molar-refractivity contribution in [1.82, 2.24) is 5.32 Å². The summed E-state index contributed by atoms with van der Waals surface area (Å²) in [4.78, 5) is 11.7. The van der Waals surface area contributed by atoms with E-state index < -0.39 is 0 Å². The van der Waals surface area contributed by atoms with Crippen LogP contribution in [0.3, 0.4) is 0 Å². The van der Waals surface area contributed by atoms with Crippen molar-refractivity contribution in [2.75, 3.05) is 6.54 Å². The minimum absolute atomic E-state index is 0.0951. The van der Waals surface area contributed by atoms with E-state index >= 15 is 0 Å². The SMILES string of the molecule is Cc1cc(Br)cc(C(=O)NCCCC#N)c1. The Morgan fingerprint density at radius 1 is 1.50 bits per heavy atom. The fourth-order valence-electron chi connectivity index (χ4n) is 1.34. The summed E-state index contributed by atoms with van der Waals surface area (Å²) in [5.74, 6) is -0.0951. The van der Waals surface area contributed by atoms with Crippen molar-refractivity contribution in [2.45, 2.75) is 19.8 Å². The third kappa shape index (κ3) is 4.03. The van der Waals surface area contributed by atoms with Crippen molar-refractivity contribution in [2.24, 2.45) is 0 Å². The fourth-order valence-corrected chi connectivity index (χ4v) is 1.95. The lowest BCUT2D eigenvalue weighted by Gasteiger charge is -2.05. The van der Waals surface area contributed by atoms with E-state index in [2.05, 4.69) is 21.2 Å². The van der Waals surface area contributed by atoms with Crippen LogP contribution in [0.4, 0.5) is 0 Å². The number of nitrogens with one attached hydrogen (secondary N) is 1. The summed E-state index contributed by atoms with van der Waals surface area (Å²) in [6.45, 7) is 2.48. The molecule has 1 amide bonds.